The van der Waals surface area contributed by atoms with Crippen molar-refractivity contribution in [1.82, 2.24) is 5.32 Å². The molecule has 14 heavy (non-hydrogen) atoms. The van der Waals surface area contributed by atoms with Gasteiger partial charge in [-0.1, -0.05) is 6.58 Å². The van der Waals surface area contributed by atoms with E-state index >= 15 is 0 Å². The van der Waals surface area contributed by atoms with Crippen LogP contribution in [-0.4, -0.2) is 38.2 Å². The summed E-state index contributed by atoms with van der Waals surface area (Å²) in [7, 11) is 3.22. The molecule has 84 valence electrons. The molecule has 0 aromatic carbocycles. The van der Waals surface area contributed by atoms with E-state index in [1.165, 1.54) is 0 Å². The van der Waals surface area contributed by atoms with Crippen LogP contribution in [0.4, 0.5) is 0 Å². The summed E-state index contributed by atoms with van der Waals surface area (Å²) in [6.45, 7) is 6.25. The van der Waals surface area contributed by atoms with Crippen LogP contribution >= 0.6 is 0 Å². The third-order valence-corrected chi connectivity index (χ3v) is 2.03. The van der Waals surface area contributed by atoms with Crippen molar-refractivity contribution in [3.05, 3.63) is 12.3 Å². The largest absolute Gasteiger partial charge is 0.502 e. The Kier molecular flexibility index (Phi) is 7.47. The van der Waals surface area contributed by atoms with E-state index in [9.17, 15) is 5.11 Å². The van der Waals surface area contributed by atoms with Crippen LogP contribution in [0, 0.1) is 0 Å². The first-order valence-corrected chi connectivity index (χ1v) is 4.76. The fraction of sp³-hybridized carbons (Fsp3) is 0.800. The molecule has 0 aliphatic heterocycles. The lowest BCUT2D eigenvalue weighted by molar-refractivity contribution is 0.0414. The van der Waals surface area contributed by atoms with E-state index in [0.29, 0.717) is 25.1 Å². The Hall–Kier alpha value is -0.580. The molecule has 0 fully saturated rings. The minimum atomic E-state index is -0.533. The van der Waals surface area contributed by atoms with Crippen molar-refractivity contribution in [3.63, 3.8) is 0 Å². The molecule has 0 saturated carbocycles. The van der Waals surface area contributed by atoms with Gasteiger partial charge in [-0.05, 0) is 6.92 Å². The zero-order chi connectivity index (χ0) is 11.0. The molecule has 0 amide bonds. The van der Waals surface area contributed by atoms with E-state index < -0.39 is 6.23 Å². The number of nitrogens with one attached hydrogen (secondary N) is 1. The molecule has 2 atom stereocenters. The van der Waals surface area contributed by atoms with Crippen LogP contribution in [0.1, 0.15) is 19.8 Å². The van der Waals surface area contributed by atoms with Crippen molar-refractivity contribution in [2.75, 3.05) is 20.8 Å². The van der Waals surface area contributed by atoms with Gasteiger partial charge in [0.25, 0.3) is 0 Å². The molecular formula is C10H21NO3. The van der Waals surface area contributed by atoms with E-state index in [4.69, 9.17) is 9.47 Å². The maximum absolute atomic E-state index is 9.47. The van der Waals surface area contributed by atoms with Gasteiger partial charge in [0.15, 0.2) is 0 Å². The zero-order valence-electron chi connectivity index (χ0n) is 9.25. The Labute approximate surface area is 85.9 Å². The minimum Gasteiger partial charge on any atom is -0.502 e. The van der Waals surface area contributed by atoms with Crippen molar-refractivity contribution in [1.29, 1.82) is 0 Å². The molecule has 0 heterocycles. The molecule has 0 aromatic heterocycles. The summed E-state index contributed by atoms with van der Waals surface area (Å²) in [5.41, 5.74) is 0. The van der Waals surface area contributed by atoms with Gasteiger partial charge in [-0.2, -0.15) is 0 Å². The second-order valence-electron chi connectivity index (χ2n) is 3.24. The lowest BCUT2D eigenvalue weighted by atomic mass is 10.2. The molecule has 0 radical (unpaired) electrons. The summed E-state index contributed by atoms with van der Waals surface area (Å²) in [4.78, 5) is 0. The first-order chi connectivity index (χ1) is 6.60. The van der Waals surface area contributed by atoms with Gasteiger partial charge in [0, 0.05) is 26.5 Å². The molecule has 0 bridgehead atoms. The van der Waals surface area contributed by atoms with E-state index in [-0.39, 0.29) is 6.10 Å². The van der Waals surface area contributed by atoms with Gasteiger partial charge in [-0.15, -0.1) is 0 Å². The maximum Gasteiger partial charge on any atom is 0.107 e. The minimum absolute atomic E-state index is 0.0585. The summed E-state index contributed by atoms with van der Waals surface area (Å²) >= 11 is 0. The molecule has 0 aliphatic carbocycles. The molecule has 2 N–H and O–H groups in total. The van der Waals surface area contributed by atoms with Crippen molar-refractivity contribution < 1.29 is 14.6 Å². The fourth-order valence-corrected chi connectivity index (χ4v) is 0.974. The summed E-state index contributed by atoms with van der Waals surface area (Å²) in [5.74, 6) is 0.712. The average molecular weight is 203 g/mol. The summed E-state index contributed by atoms with van der Waals surface area (Å²) in [6.07, 6.45) is 0.808. The van der Waals surface area contributed by atoms with Gasteiger partial charge >= 0.3 is 0 Å². The Morgan fingerprint density at radius 1 is 1.50 bits per heavy atom. The monoisotopic (exact) mass is 203 g/mol. The smallest absolute Gasteiger partial charge is 0.107 e. The van der Waals surface area contributed by atoms with Gasteiger partial charge < -0.3 is 14.6 Å². The van der Waals surface area contributed by atoms with Crippen LogP contribution in [0.15, 0.2) is 12.3 Å². The lowest BCUT2D eigenvalue weighted by Crippen LogP contribution is -2.33. The van der Waals surface area contributed by atoms with Crippen molar-refractivity contribution >= 4 is 0 Å². The van der Waals surface area contributed by atoms with E-state index in [0.717, 1.165) is 0 Å². The highest BCUT2D eigenvalue weighted by atomic mass is 16.5. The predicted molar refractivity (Wildman–Crippen MR) is 55.9 cm³/mol. The van der Waals surface area contributed by atoms with Crippen molar-refractivity contribution in [3.8, 4) is 0 Å². The topological polar surface area (TPSA) is 50.7 Å². The third kappa shape index (κ3) is 6.88. The molecule has 4 heteroatoms. The van der Waals surface area contributed by atoms with Crippen LogP contribution in [0.3, 0.4) is 0 Å². The number of hydrogen-bond donors (Lipinski definition) is 2. The number of rotatable bonds is 8. The zero-order valence-corrected chi connectivity index (χ0v) is 9.25. The van der Waals surface area contributed by atoms with Crippen LogP contribution in [0.2, 0.25) is 0 Å². The number of aliphatic hydroxyl groups excluding tert-OH is 1. The quantitative estimate of drug-likeness (QED) is 0.454. The lowest BCUT2D eigenvalue weighted by Gasteiger charge is -2.16. The summed E-state index contributed by atoms with van der Waals surface area (Å²) in [6, 6.07) is 0. The normalized spacial score (nSPS) is 14.9. The second kappa shape index (κ2) is 7.79. The first-order valence-electron chi connectivity index (χ1n) is 4.76. The Bertz CT molecular complexity index is 161. The molecular weight excluding hydrogens is 182 g/mol. The first kappa shape index (κ1) is 13.4. The van der Waals surface area contributed by atoms with Gasteiger partial charge in [0.05, 0.1) is 19.0 Å². The number of methoxy groups -OCH3 is 2. The standard InChI is InChI=1S/C10H21NO3/c1-8(13-3)5-6-11-10(12)7-9(2)14-4/h9-12H,1,5-7H2,2-4H3. The Balaban J connectivity index is 3.44. The van der Waals surface area contributed by atoms with Crippen molar-refractivity contribution in [2.24, 2.45) is 0 Å². The van der Waals surface area contributed by atoms with Crippen LogP contribution in [0.5, 0.6) is 0 Å². The predicted octanol–water partition coefficient (Wildman–Crippen LogP) is 0.870. The van der Waals surface area contributed by atoms with Crippen LogP contribution in [0.25, 0.3) is 0 Å². The molecule has 2 unspecified atom stereocenters. The highest BCUT2D eigenvalue weighted by Gasteiger charge is 2.08. The highest BCUT2D eigenvalue weighted by molar-refractivity contribution is 4.82. The molecule has 0 aromatic rings. The Morgan fingerprint density at radius 3 is 2.64 bits per heavy atom. The number of ether oxygens (including phenoxy) is 2. The maximum atomic E-state index is 9.47. The van der Waals surface area contributed by atoms with Gasteiger partial charge in [0.2, 0.25) is 0 Å². The molecule has 0 saturated heterocycles. The molecule has 0 aliphatic rings. The van der Waals surface area contributed by atoms with E-state index in [2.05, 4.69) is 11.9 Å². The van der Waals surface area contributed by atoms with E-state index in [1.54, 1.807) is 14.2 Å². The average Bonchev–Trinajstić information content (AvgIpc) is 2.17. The highest BCUT2D eigenvalue weighted by Crippen LogP contribution is 2.00. The summed E-state index contributed by atoms with van der Waals surface area (Å²) in [5, 5.41) is 12.4. The third-order valence-electron chi connectivity index (χ3n) is 2.03. The molecule has 0 spiro atoms. The molecule has 4 nitrogen and oxygen atoms in total. The summed E-state index contributed by atoms with van der Waals surface area (Å²) < 4.78 is 9.92. The van der Waals surface area contributed by atoms with Crippen LogP contribution < -0.4 is 5.32 Å². The van der Waals surface area contributed by atoms with Crippen LogP contribution in [-0.2, 0) is 9.47 Å². The number of hydrogen-bond acceptors (Lipinski definition) is 4. The van der Waals surface area contributed by atoms with Crippen molar-refractivity contribution in [2.45, 2.75) is 32.1 Å². The SMILES string of the molecule is C=C(CCNC(O)CC(C)OC)OC. The van der Waals surface area contributed by atoms with Gasteiger partial charge in [0.1, 0.15) is 6.23 Å². The van der Waals surface area contributed by atoms with Gasteiger partial charge in [-0.3, -0.25) is 5.32 Å². The molecule has 0 rings (SSSR count). The van der Waals surface area contributed by atoms with Gasteiger partial charge in [-0.25, -0.2) is 0 Å². The van der Waals surface area contributed by atoms with E-state index in [1.807, 2.05) is 6.92 Å². The Morgan fingerprint density at radius 2 is 2.14 bits per heavy atom. The number of aliphatic hydroxyl groups is 1. The second-order valence-corrected chi connectivity index (χ2v) is 3.24. The fourth-order valence-electron chi connectivity index (χ4n) is 0.974.